The van der Waals surface area contributed by atoms with Crippen LogP contribution in [-0.2, 0) is 0 Å². The molecule has 8 heavy (non-hydrogen) atoms. The van der Waals surface area contributed by atoms with Crippen LogP contribution >= 0.6 is 8.19 Å². The molecule has 0 atom stereocenters. The van der Waals surface area contributed by atoms with E-state index in [2.05, 4.69) is 18.4 Å². The average Bonchev–Trinajstić information content (AvgIpc) is 1.90. The smallest absolute Gasteiger partial charge is 0.00118 e. The largest absolute Gasteiger partial charge is 0.0981 e. The van der Waals surface area contributed by atoms with E-state index in [0.29, 0.717) is 0 Å². The molecule has 40 valence electrons. The Kier molecular flexibility index (Phi) is 1.82. The molecule has 0 bridgehead atoms. The molecule has 0 saturated carbocycles. The molecular formula is C7H7P. The average molecular weight is 122 g/mol. The van der Waals surface area contributed by atoms with E-state index in [1.807, 2.05) is 18.2 Å². The Hall–Kier alpha value is -0.610. The molecule has 1 aromatic heterocycles. The van der Waals surface area contributed by atoms with Crippen molar-refractivity contribution < 1.29 is 0 Å². The van der Waals surface area contributed by atoms with Gasteiger partial charge in [-0.25, -0.2) is 0 Å². The lowest BCUT2D eigenvalue weighted by Crippen LogP contribution is -1.56. The molecule has 0 radical (unpaired) electrons. The van der Waals surface area contributed by atoms with Gasteiger partial charge in [-0.2, -0.15) is 0 Å². The molecule has 0 unspecified atom stereocenters. The van der Waals surface area contributed by atoms with Crippen LogP contribution in [0.15, 0.2) is 30.6 Å². The first-order valence-corrected chi connectivity index (χ1v) is 3.43. The Bertz CT molecular complexity index is 167. The first-order valence-electron chi connectivity index (χ1n) is 2.47. The molecule has 0 aliphatic carbocycles. The Balaban J connectivity index is 2.99. The lowest BCUT2D eigenvalue weighted by molar-refractivity contribution is 1.84. The van der Waals surface area contributed by atoms with Gasteiger partial charge in [0, 0.05) is 5.30 Å². The fraction of sp³-hybridized carbons (Fsp3) is 0. The monoisotopic (exact) mass is 122 g/mol. The number of hydrogen-bond donors (Lipinski definition) is 0. The van der Waals surface area contributed by atoms with Crippen LogP contribution in [0.25, 0.3) is 6.08 Å². The fourth-order valence-corrected chi connectivity index (χ4v) is 1.13. The molecule has 1 rings (SSSR count). The highest BCUT2D eigenvalue weighted by atomic mass is 31.0. The van der Waals surface area contributed by atoms with Crippen LogP contribution in [0.1, 0.15) is 5.30 Å². The first-order chi connectivity index (χ1) is 3.93. The summed E-state index contributed by atoms with van der Waals surface area (Å²) < 4.78 is 0. The van der Waals surface area contributed by atoms with E-state index in [4.69, 9.17) is 0 Å². The zero-order valence-corrected chi connectivity index (χ0v) is 5.44. The highest BCUT2D eigenvalue weighted by Crippen LogP contribution is 2.12. The molecule has 0 nitrogen and oxygen atoms in total. The second-order valence-corrected chi connectivity index (χ2v) is 2.53. The second-order valence-electron chi connectivity index (χ2n) is 1.46. The van der Waals surface area contributed by atoms with Gasteiger partial charge in [0.2, 0.25) is 0 Å². The standard InChI is InChI=1S/C7H7P/c1-2-7-5-3-4-6-8-7/h2-6H,1H2. The third kappa shape index (κ3) is 1.18. The van der Waals surface area contributed by atoms with Gasteiger partial charge in [0.25, 0.3) is 0 Å². The molecule has 0 aromatic carbocycles. The summed E-state index contributed by atoms with van der Waals surface area (Å²) in [4.78, 5) is 0. The molecule has 0 saturated heterocycles. The van der Waals surface area contributed by atoms with Crippen LogP contribution in [0.4, 0.5) is 0 Å². The third-order valence-corrected chi connectivity index (χ3v) is 1.85. The summed E-state index contributed by atoms with van der Waals surface area (Å²) in [5.41, 5.74) is 0. The van der Waals surface area contributed by atoms with E-state index in [0.717, 1.165) is 0 Å². The van der Waals surface area contributed by atoms with Crippen molar-refractivity contribution >= 4 is 14.3 Å². The summed E-state index contributed by atoms with van der Waals surface area (Å²) in [6, 6.07) is 6.12. The van der Waals surface area contributed by atoms with E-state index in [-0.39, 0.29) is 0 Å². The molecule has 0 spiro atoms. The third-order valence-electron chi connectivity index (χ3n) is 0.897. The van der Waals surface area contributed by atoms with Crippen LogP contribution in [0.5, 0.6) is 0 Å². The second kappa shape index (κ2) is 2.64. The quantitative estimate of drug-likeness (QED) is 0.537. The summed E-state index contributed by atoms with van der Waals surface area (Å²) in [6.45, 7) is 3.66. The van der Waals surface area contributed by atoms with E-state index < -0.39 is 0 Å². The van der Waals surface area contributed by atoms with Crippen LogP contribution < -0.4 is 0 Å². The Labute approximate surface area is 51.0 Å². The molecule has 1 heterocycles. The topological polar surface area (TPSA) is 0 Å². The fourth-order valence-electron chi connectivity index (χ4n) is 0.497. The van der Waals surface area contributed by atoms with Gasteiger partial charge in [0.1, 0.15) is 0 Å². The van der Waals surface area contributed by atoms with Gasteiger partial charge in [-0.05, 0) is 5.80 Å². The van der Waals surface area contributed by atoms with Crippen molar-refractivity contribution in [1.29, 1.82) is 0 Å². The van der Waals surface area contributed by atoms with Crippen LogP contribution in [0, 0.1) is 0 Å². The van der Waals surface area contributed by atoms with Gasteiger partial charge in [-0.15, -0.1) is 0 Å². The zero-order valence-electron chi connectivity index (χ0n) is 4.54. The van der Waals surface area contributed by atoms with Gasteiger partial charge in [0.05, 0.1) is 0 Å². The molecule has 1 aromatic rings. The van der Waals surface area contributed by atoms with Crippen LogP contribution in [-0.4, -0.2) is 0 Å². The molecule has 0 fully saturated rings. The minimum atomic E-state index is 1.26. The van der Waals surface area contributed by atoms with Crippen molar-refractivity contribution in [3.63, 3.8) is 0 Å². The van der Waals surface area contributed by atoms with Crippen molar-refractivity contribution in [2.24, 2.45) is 0 Å². The van der Waals surface area contributed by atoms with Gasteiger partial charge in [-0.3, -0.25) is 0 Å². The summed E-state index contributed by atoms with van der Waals surface area (Å²) in [6.07, 6.45) is 1.88. The predicted octanol–water partition coefficient (Wildman–Crippen LogP) is 2.91. The van der Waals surface area contributed by atoms with Crippen molar-refractivity contribution in [1.82, 2.24) is 0 Å². The zero-order chi connectivity index (χ0) is 5.82. The maximum Gasteiger partial charge on any atom is 0.00118 e. The number of rotatable bonds is 1. The predicted molar refractivity (Wildman–Crippen MR) is 39.0 cm³/mol. The molecule has 1 heteroatoms. The summed E-state index contributed by atoms with van der Waals surface area (Å²) in [5.74, 6) is 2.09. The Morgan fingerprint density at radius 1 is 1.50 bits per heavy atom. The normalized spacial score (nSPS) is 9.50. The molecule has 0 amide bonds. The molecule has 0 N–H and O–H groups in total. The van der Waals surface area contributed by atoms with E-state index in [1.54, 1.807) is 0 Å². The molecular weight excluding hydrogens is 115 g/mol. The van der Waals surface area contributed by atoms with Crippen molar-refractivity contribution in [3.05, 3.63) is 35.9 Å². The van der Waals surface area contributed by atoms with E-state index in [1.165, 1.54) is 13.5 Å². The number of hydrogen-bond acceptors (Lipinski definition) is 0. The lowest BCUT2D eigenvalue weighted by Gasteiger charge is -1.84. The minimum absolute atomic E-state index is 1.26. The molecule has 0 aliphatic heterocycles. The van der Waals surface area contributed by atoms with Gasteiger partial charge in [-0.1, -0.05) is 39.0 Å². The SMILES string of the molecule is C=Cc1ccccp1. The summed E-state index contributed by atoms with van der Waals surface area (Å²) in [7, 11) is 1.26. The summed E-state index contributed by atoms with van der Waals surface area (Å²) in [5, 5.41) is 1.27. The van der Waals surface area contributed by atoms with Crippen molar-refractivity contribution in [2.45, 2.75) is 0 Å². The minimum Gasteiger partial charge on any atom is -0.0981 e. The van der Waals surface area contributed by atoms with Crippen LogP contribution in [0.3, 0.4) is 0 Å². The Morgan fingerprint density at radius 2 is 2.38 bits per heavy atom. The van der Waals surface area contributed by atoms with Gasteiger partial charge >= 0.3 is 0 Å². The summed E-state index contributed by atoms with van der Waals surface area (Å²) >= 11 is 0. The lowest BCUT2D eigenvalue weighted by atomic mass is 10.4. The van der Waals surface area contributed by atoms with Crippen molar-refractivity contribution in [3.8, 4) is 0 Å². The van der Waals surface area contributed by atoms with E-state index in [9.17, 15) is 0 Å². The van der Waals surface area contributed by atoms with E-state index >= 15 is 0 Å². The highest BCUT2D eigenvalue weighted by Gasteiger charge is 1.76. The highest BCUT2D eigenvalue weighted by molar-refractivity contribution is 7.30. The van der Waals surface area contributed by atoms with Gasteiger partial charge in [0.15, 0.2) is 0 Å². The Morgan fingerprint density at radius 3 is 2.75 bits per heavy atom. The van der Waals surface area contributed by atoms with Crippen LogP contribution in [0.2, 0.25) is 0 Å². The maximum absolute atomic E-state index is 3.66. The van der Waals surface area contributed by atoms with Crippen molar-refractivity contribution in [2.75, 3.05) is 0 Å². The van der Waals surface area contributed by atoms with Gasteiger partial charge < -0.3 is 0 Å². The first kappa shape index (κ1) is 5.53. The molecule has 0 aliphatic rings. The maximum atomic E-state index is 3.66.